The van der Waals surface area contributed by atoms with Crippen molar-refractivity contribution in [2.45, 2.75) is 25.0 Å². The molecule has 1 aromatic carbocycles. The second-order valence-electron chi connectivity index (χ2n) is 4.70. The number of nitrogens with zero attached hydrogens (tertiary/aromatic N) is 1. The van der Waals surface area contributed by atoms with Gasteiger partial charge in [0.25, 0.3) is 0 Å². The molecule has 1 aliphatic rings. The van der Waals surface area contributed by atoms with E-state index in [-0.39, 0.29) is 0 Å². The summed E-state index contributed by atoms with van der Waals surface area (Å²) in [4.78, 5) is 11.0. The predicted molar refractivity (Wildman–Crippen MR) is 74.7 cm³/mol. The lowest BCUT2D eigenvalue weighted by Gasteiger charge is -2.31. The number of ether oxygens (including phenoxy) is 1. The van der Waals surface area contributed by atoms with Crippen LogP contribution in [0.3, 0.4) is 0 Å². The average molecular weight is 299 g/mol. The Morgan fingerprint density at radius 2 is 2.15 bits per heavy atom. The van der Waals surface area contributed by atoms with Gasteiger partial charge in [0.1, 0.15) is 5.75 Å². The smallest absolute Gasteiger partial charge is 0.323 e. The Labute approximate surface area is 118 Å². The zero-order valence-electron chi connectivity index (χ0n) is 11.4. The fourth-order valence-electron chi connectivity index (χ4n) is 2.25. The second-order valence-corrected chi connectivity index (χ2v) is 6.87. The lowest BCUT2D eigenvalue weighted by molar-refractivity contribution is -0.136. The summed E-state index contributed by atoms with van der Waals surface area (Å²) >= 11 is 0. The first-order chi connectivity index (χ1) is 9.37. The molecule has 6 nitrogen and oxygen atoms in total. The molecule has 1 aliphatic heterocycles. The predicted octanol–water partition coefficient (Wildman–Crippen LogP) is 1.25. The third-order valence-electron chi connectivity index (χ3n) is 3.46. The lowest BCUT2D eigenvalue weighted by atomic mass is 10.0. The number of hydrogen-bond acceptors (Lipinski definition) is 4. The molecule has 0 aromatic heterocycles. The molecule has 1 unspecified atom stereocenters. The number of sulfonamides is 1. The van der Waals surface area contributed by atoms with E-state index in [2.05, 4.69) is 0 Å². The van der Waals surface area contributed by atoms with Gasteiger partial charge >= 0.3 is 5.97 Å². The molecule has 1 heterocycles. The summed E-state index contributed by atoms with van der Waals surface area (Å²) in [5.74, 6) is -0.681. The summed E-state index contributed by atoms with van der Waals surface area (Å²) in [6.45, 7) is 1.49. The summed E-state index contributed by atoms with van der Waals surface area (Å²) in [6.07, 6.45) is 1.41. The fraction of sp³-hybridized carbons (Fsp3) is 0.462. The number of benzene rings is 1. The van der Waals surface area contributed by atoms with Crippen LogP contribution in [0.1, 0.15) is 18.9 Å². The van der Waals surface area contributed by atoms with Gasteiger partial charge in [0.2, 0.25) is 10.0 Å². The monoisotopic (exact) mass is 299 g/mol. The molecule has 110 valence electrons. The maximum atomic E-state index is 12.4. The Bertz CT molecular complexity index is 626. The van der Waals surface area contributed by atoms with Gasteiger partial charge in [-0.2, -0.15) is 0 Å². The minimum absolute atomic E-state index is 0.305. The Morgan fingerprint density at radius 1 is 1.45 bits per heavy atom. The summed E-state index contributed by atoms with van der Waals surface area (Å²) in [7, 11) is -2.35. The van der Waals surface area contributed by atoms with Gasteiger partial charge in [-0.15, -0.1) is 0 Å². The van der Waals surface area contributed by atoms with Gasteiger partial charge in [0, 0.05) is 6.54 Å². The molecular formula is C13H17NO5S. The highest BCUT2D eigenvalue weighted by molar-refractivity contribution is 7.94. The van der Waals surface area contributed by atoms with Gasteiger partial charge in [-0.25, -0.2) is 8.42 Å². The number of aliphatic carboxylic acids is 1. The molecule has 20 heavy (non-hydrogen) atoms. The standard InChI is InChI=1S/C13H17NO5S/c1-9(13(15)16)20(17,18)14-7-3-4-10-8-11(19-2)5-6-12(10)14/h5-6,8-9H,3-4,7H2,1-2H3,(H,15,16). The summed E-state index contributed by atoms with van der Waals surface area (Å²) in [5.41, 5.74) is 1.40. The van der Waals surface area contributed by atoms with Crippen LogP contribution < -0.4 is 9.04 Å². The molecule has 1 N–H and O–H groups in total. The molecule has 0 aliphatic carbocycles. The third kappa shape index (κ3) is 2.45. The van der Waals surface area contributed by atoms with E-state index in [1.54, 1.807) is 25.3 Å². The quantitative estimate of drug-likeness (QED) is 0.904. The van der Waals surface area contributed by atoms with E-state index in [4.69, 9.17) is 9.84 Å². The van der Waals surface area contributed by atoms with Crippen LogP contribution in [0, 0.1) is 0 Å². The van der Waals surface area contributed by atoms with Crippen molar-refractivity contribution >= 4 is 21.7 Å². The average Bonchev–Trinajstić information content (AvgIpc) is 2.44. The largest absolute Gasteiger partial charge is 0.497 e. The lowest BCUT2D eigenvalue weighted by Crippen LogP contribution is -2.43. The maximum Gasteiger partial charge on any atom is 0.323 e. The van der Waals surface area contributed by atoms with E-state index in [9.17, 15) is 13.2 Å². The maximum absolute atomic E-state index is 12.4. The van der Waals surface area contributed by atoms with Crippen LogP contribution in [-0.4, -0.2) is 38.4 Å². The third-order valence-corrected chi connectivity index (χ3v) is 5.55. The van der Waals surface area contributed by atoms with Crippen LogP contribution in [0.2, 0.25) is 0 Å². The molecule has 0 fully saturated rings. The van der Waals surface area contributed by atoms with Crippen molar-refractivity contribution in [1.82, 2.24) is 0 Å². The number of rotatable bonds is 4. The van der Waals surface area contributed by atoms with Crippen LogP contribution in [0.5, 0.6) is 5.75 Å². The Kier molecular flexibility index (Phi) is 3.89. The van der Waals surface area contributed by atoms with Crippen LogP contribution in [0.15, 0.2) is 18.2 Å². The van der Waals surface area contributed by atoms with Gasteiger partial charge < -0.3 is 9.84 Å². The molecule has 0 saturated heterocycles. The molecule has 1 aromatic rings. The normalized spacial score (nSPS) is 16.4. The molecular weight excluding hydrogens is 282 g/mol. The van der Waals surface area contributed by atoms with Gasteiger partial charge in [-0.3, -0.25) is 9.10 Å². The van der Waals surface area contributed by atoms with Crippen molar-refractivity contribution in [1.29, 1.82) is 0 Å². The number of carboxylic acid groups (broad SMARTS) is 1. The summed E-state index contributed by atoms with van der Waals surface area (Å²) < 4.78 is 31.0. The summed E-state index contributed by atoms with van der Waals surface area (Å²) in [6, 6.07) is 5.14. The van der Waals surface area contributed by atoms with Gasteiger partial charge in [-0.1, -0.05) is 0 Å². The number of anilines is 1. The van der Waals surface area contributed by atoms with E-state index < -0.39 is 21.2 Å². The van der Waals surface area contributed by atoms with Crippen molar-refractivity contribution in [3.63, 3.8) is 0 Å². The molecule has 0 bridgehead atoms. The van der Waals surface area contributed by atoms with Crippen molar-refractivity contribution < 1.29 is 23.1 Å². The molecule has 0 saturated carbocycles. The minimum Gasteiger partial charge on any atom is -0.497 e. The molecule has 1 atom stereocenters. The van der Waals surface area contributed by atoms with E-state index in [0.29, 0.717) is 24.4 Å². The molecule has 7 heteroatoms. The van der Waals surface area contributed by atoms with Crippen molar-refractivity contribution in [3.8, 4) is 5.75 Å². The summed E-state index contributed by atoms with van der Waals surface area (Å²) in [5, 5.41) is 7.49. The number of methoxy groups -OCH3 is 1. The first-order valence-electron chi connectivity index (χ1n) is 6.29. The Balaban J connectivity index is 2.45. The van der Waals surface area contributed by atoms with Crippen LogP contribution in [-0.2, 0) is 21.2 Å². The fourth-order valence-corrected chi connectivity index (χ4v) is 3.72. The van der Waals surface area contributed by atoms with Crippen LogP contribution in [0.25, 0.3) is 0 Å². The number of carboxylic acids is 1. The topological polar surface area (TPSA) is 83.9 Å². The van der Waals surface area contributed by atoms with Crippen LogP contribution >= 0.6 is 0 Å². The van der Waals surface area contributed by atoms with Gasteiger partial charge in [0.05, 0.1) is 12.8 Å². The number of aryl methyl sites for hydroxylation is 1. The van der Waals surface area contributed by atoms with E-state index >= 15 is 0 Å². The van der Waals surface area contributed by atoms with Crippen molar-refractivity contribution in [2.24, 2.45) is 0 Å². The highest BCUT2D eigenvalue weighted by Gasteiger charge is 2.36. The van der Waals surface area contributed by atoms with Crippen LogP contribution in [0.4, 0.5) is 5.69 Å². The highest BCUT2D eigenvalue weighted by Crippen LogP contribution is 2.33. The SMILES string of the molecule is COc1ccc2c(c1)CCCN2S(=O)(=O)C(C)C(=O)O. The zero-order chi connectivity index (χ0) is 14.9. The Hall–Kier alpha value is -1.76. The van der Waals surface area contributed by atoms with E-state index in [1.807, 2.05) is 0 Å². The zero-order valence-corrected chi connectivity index (χ0v) is 12.2. The van der Waals surface area contributed by atoms with Crippen molar-refractivity contribution in [2.75, 3.05) is 18.0 Å². The molecule has 0 amide bonds. The second kappa shape index (κ2) is 5.32. The number of fused-ring (bicyclic) bond motifs is 1. The molecule has 0 radical (unpaired) electrons. The highest BCUT2D eigenvalue weighted by atomic mass is 32.2. The molecule has 0 spiro atoms. The number of carbonyl (C=O) groups is 1. The van der Waals surface area contributed by atoms with Crippen molar-refractivity contribution in [3.05, 3.63) is 23.8 Å². The minimum atomic E-state index is -3.90. The first-order valence-corrected chi connectivity index (χ1v) is 7.79. The number of hydrogen-bond donors (Lipinski definition) is 1. The first kappa shape index (κ1) is 14.6. The van der Waals surface area contributed by atoms with Gasteiger partial charge in [0.15, 0.2) is 5.25 Å². The Morgan fingerprint density at radius 3 is 2.75 bits per heavy atom. The van der Waals surface area contributed by atoms with E-state index in [0.717, 1.165) is 12.0 Å². The van der Waals surface area contributed by atoms with E-state index in [1.165, 1.54) is 11.2 Å². The van der Waals surface area contributed by atoms with Gasteiger partial charge in [-0.05, 0) is 43.5 Å². The molecule has 2 rings (SSSR count).